The number of hydrogen-bond acceptors (Lipinski definition) is 4. The van der Waals surface area contributed by atoms with Gasteiger partial charge in [0, 0.05) is 6.07 Å². The molecule has 0 fully saturated rings. The standard InChI is InChI=1S/C11H16N4O4/c1-2-3-4-7(13-11(18)19)9(16)10(17)14-8-5-6-12-15-8/h5-7,13H,2-4H2,1H3,(H,18,19)(H2,12,14,15,17). The highest BCUT2D eigenvalue weighted by atomic mass is 16.4. The number of Topliss-reactive ketones (excluding diaryl/α,β-unsaturated/α-hetero) is 1. The number of aromatic nitrogens is 2. The van der Waals surface area contributed by atoms with Crippen LogP contribution >= 0.6 is 0 Å². The summed E-state index contributed by atoms with van der Waals surface area (Å²) in [4.78, 5) is 34.1. The van der Waals surface area contributed by atoms with E-state index in [0.717, 1.165) is 6.42 Å². The molecule has 0 aromatic carbocycles. The van der Waals surface area contributed by atoms with Crippen LogP contribution in [-0.4, -0.2) is 39.1 Å². The van der Waals surface area contributed by atoms with Crippen LogP contribution in [0.25, 0.3) is 0 Å². The monoisotopic (exact) mass is 268 g/mol. The maximum absolute atomic E-state index is 11.8. The zero-order valence-electron chi connectivity index (χ0n) is 10.5. The number of carboxylic acid groups (broad SMARTS) is 1. The number of aromatic amines is 1. The third kappa shape index (κ3) is 4.78. The minimum absolute atomic E-state index is 0.280. The molecule has 0 saturated carbocycles. The molecule has 0 spiro atoms. The number of nitrogens with zero attached hydrogens (tertiary/aromatic N) is 1. The number of unbranched alkanes of at least 4 members (excludes halogenated alkanes) is 1. The highest BCUT2D eigenvalue weighted by Gasteiger charge is 2.26. The molecule has 1 aromatic heterocycles. The van der Waals surface area contributed by atoms with Gasteiger partial charge < -0.3 is 15.7 Å². The normalized spacial score (nSPS) is 11.6. The van der Waals surface area contributed by atoms with Crippen molar-refractivity contribution in [2.24, 2.45) is 0 Å². The van der Waals surface area contributed by atoms with Gasteiger partial charge in [0.05, 0.1) is 6.20 Å². The van der Waals surface area contributed by atoms with Gasteiger partial charge in [-0.15, -0.1) is 0 Å². The molecular formula is C11H16N4O4. The maximum atomic E-state index is 11.8. The summed E-state index contributed by atoms with van der Waals surface area (Å²) < 4.78 is 0. The number of rotatable bonds is 7. The topological polar surface area (TPSA) is 124 Å². The summed E-state index contributed by atoms with van der Waals surface area (Å²) in [7, 11) is 0. The molecule has 0 saturated heterocycles. The molecular weight excluding hydrogens is 252 g/mol. The number of hydrogen-bond donors (Lipinski definition) is 4. The second-order valence-corrected chi connectivity index (χ2v) is 3.93. The van der Waals surface area contributed by atoms with E-state index in [9.17, 15) is 14.4 Å². The van der Waals surface area contributed by atoms with E-state index >= 15 is 0 Å². The lowest BCUT2D eigenvalue weighted by atomic mass is 10.1. The third-order valence-corrected chi connectivity index (χ3v) is 2.43. The van der Waals surface area contributed by atoms with Crippen LogP contribution < -0.4 is 10.6 Å². The Kier molecular flexibility index (Phi) is 5.52. The number of ketones is 1. The Labute approximate surface area is 109 Å². The van der Waals surface area contributed by atoms with Crippen molar-refractivity contribution in [1.29, 1.82) is 0 Å². The van der Waals surface area contributed by atoms with Crippen LogP contribution in [0.1, 0.15) is 26.2 Å². The Morgan fingerprint density at radius 1 is 1.47 bits per heavy atom. The van der Waals surface area contributed by atoms with Gasteiger partial charge in [0.2, 0.25) is 5.78 Å². The molecule has 104 valence electrons. The van der Waals surface area contributed by atoms with Crippen LogP contribution in [0.5, 0.6) is 0 Å². The maximum Gasteiger partial charge on any atom is 0.405 e. The van der Waals surface area contributed by atoms with Crippen molar-refractivity contribution in [3.05, 3.63) is 12.3 Å². The quantitative estimate of drug-likeness (QED) is 0.543. The summed E-state index contributed by atoms with van der Waals surface area (Å²) in [5.74, 6) is -1.41. The van der Waals surface area contributed by atoms with Gasteiger partial charge in [-0.25, -0.2) is 4.79 Å². The summed E-state index contributed by atoms with van der Waals surface area (Å²) >= 11 is 0. The fourth-order valence-corrected chi connectivity index (χ4v) is 1.49. The lowest BCUT2D eigenvalue weighted by molar-refractivity contribution is -0.136. The Bertz CT molecular complexity index is 444. The predicted molar refractivity (Wildman–Crippen MR) is 66.7 cm³/mol. The fourth-order valence-electron chi connectivity index (χ4n) is 1.49. The smallest absolute Gasteiger partial charge is 0.405 e. The van der Waals surface area contributed by atoms with Crippen molar-refractivity contribution in [3.8, 4) is 0 Å². The van der Waals surface area contributed by atoms with Crippen LogP contribution in [0.15, 0.2) is 12.3 Å². The molecule has 19 heavy (non-hydrogen) atoms. The van der Waals surface area contributed by atoms with Gasteiger partial charge in [0.15, 0.2) is 0 Å². The molecule has 1 heterocycles. The van der Waals surface area contributed by atoms with Crippen molar-refractivity contribution in [2.45, 2.75) is 32.2 Å². The highest BCUT2D eigenvalue weighted by Crippen LogP contribution is 2.05. The second kappa shape index (κ2) is 7.14. The summed E-state index contributed by atoms with van der Waals surface area (Å²) in [6.07, 6.45) is 1.83. The molecule has 2 amide bonds. The van der Waals surface area contributed by atoms with Gasteiger partial charge >= 0.3 is 6.09 Å². The number of amides is 2. The van der Waals surface area contributed by atoms with Crippen LogP contribution in [0, 0.1) is 0 Å². The first-order valence-electron chi connectivity index (χ1n) is 5.88. The number of nitrogens with one attached hydrogen (secondary N) is 3. The molecule has 8 nitrogen and oxygen atoms in total. The molecule has 0 aliphatic rings. The fraction of sp³-hybridized carbons (Fsp3) is 0.455. The minimum Gasteiger partial charge on any atom is -0.465 e. The minimum atomic E-state index is -1.33. The van der Waals surface area contributed by atoms with Crippen molar-refractivity contribution in [1.82, 2.24) is 15.5 Å². The molecule has 4 N–H and O–H groups in total. The Morgan fingerprint density at radius 3 is 2.74 bits per heavy atom. The van der Waals surface area contributed by atoms with E-state index in [0.29, 0.717) is 6.42 Å². The van der Waals surface area contributed by atoms with Crippen LogP contribution in [0.4, 0.5) is 10.6 Å². The number of carbonyl (C=O) groups is 3. The molecule has 1 aromatic rings. The zero-order chi connectivity index (χ0) is 14.3. The van der Waals surface area contributed by atoms with E-state index in [1.807, 2.05) is 6.92 Å². The van der Waals surface area contributed by atoms with E-state index in [2.05, 4.69) is 20.8 Å². The van der Waals surface area contributed by atoms with E-state index in [1.54, 1.807) is 0 Å². The number of H-pyrrole nitrogens is 1. The Balaban J connectivity index is 2.63. The summed E-state index contributed by atoms with van der Waals surface area (Å²) in [6.45, 7) is 1.91. The average Bonchev–Trinajstić information content (AvgIpc) is 2.85. The van der Waals surface area contributed by atoms with E-state index < -0.39 is 23.8 Å². The molecule has 0 aliphatic carbocycles. The summed E-state index contributed by atoms with van der Waals surface area (Å²) in [5.41, 5.74) is 0. The number of carbonyl (C=O) groups excluding carboxylic acids is 2. The van der Waals surface area contributed by atoms with Gasteiger partial charge in [-0.05, 0) is 6.42 Å². The molecule has 1 atom stereocenters. The van der Waals surface area contributed by atoms with Gasteiger partial charge in [0.25, 0.3) is 5.91 Å². The Hall–Kier alpha value is -2.38. The van der Waals surface area contributed by atoms with Crippen molar-refractivity contribution in [3.63, 3.8) is 0 Å². The lowest BCUT2D eigenvalue weighted by Gasteiger charge is -2.14. The Morgan fingerprint density at radius 2 is 2.21 bits per heavy atom. The zero-order valence-corrected chi connectivity index (χ0v) is 10.5. The van der Waals surface area contributed by atoms with Gasteiger partial charge in [0.1, 0.15) is 11.9 Å². The van der Waals surface area contributed by atoms with Crippen LogP contribution in [-0.2, 0) is 9.59 Å². The third-order valence-electron chi connectivity index (χ3n) is 2.43. The van der Waals surface area contributed by atoms with Gasteiger partial charge in [-0.2, -0.15) is 5.10 Å². The summed E-state index contributed by atoms with van der Waals surface area (Å²) in [5, 5.41) is 19.1. The molecule has 8 heteroatoms. The van der Waals surface area contributed by atoms with E-state index in [1.165, 1.54) is 12.3 Å². The van der Waals surface area contributed by atoms with Crippen LogP contribution in [0.3, 0.4) is 0 Å². The molecule has 1 unspecified atom stereocenters. The molecule has 0 aliphatic heterocycles. The van der Waals surface area contributed by atoms with Gasteiger partial charge in [-0.3, -0.25) is 14.7 Å². The molecule has 0 radical (unpaired) electrons. The molecule has 1 rings (SSSR count). The van der Waals surface area contributed by atoms with Crippen molar-refractivity contribution in [2.75, 3.05) is 5.32 Å². The van der Waals surface area contributed by atoms with Crippen molar-refractivity contribution >= 4 is 23.6 Å². The summed E-state index contributed by atoms with van der Waals surface area (Å²) in [6, 6.07) is 0.456. The van der Waals surface area contributed by atoms with Gasteiger partial charge in [-0.1, -0.05) is 19.8 Å². The SMILES string of the molecule is CCCCC(NC(=O)O)C(=O)C(=O)Nc1ccn[nH]1. The highest BCUT2D eigenvalue weighted by molar-refractivity contribution is 6.42. The van der Waals surface area contributed by atoms with E-state index in [-0.39, 0.29) is 12.2 Å². The first-order valence-corrected chi connectivity index (χ1v) is 5.88. The number of anilines is 1. The molecule has 0 bridgehead atoms. The first kappa shape index (κ1) is 14.7. The van der Waals surface area contributed by atoms with E-state index in [4.69, 9.17) is 5.11 Å². The van der Waals surface area contributed by atoms with Crippen molar-refractivity contribution < 1.29 is 19.5 Å². The average molecular weight is 268 g/mol. The second-order valence-electron chi connectivity index (χ2n) is 3.93. The first-order chi connectivity index (χ1) is 9.04. The largest absolute Gasteiger partial charge is 0.465 e. The van der Waals surface area contributed by atoms with Crippen LogP contribution in [0.2, 0.25) is 0 Å². The lowest BCUT2D eigenvalue weighted by Crippen LogP contribution is -2.45. The predicted octanol–water partition coefficient (Wildman–Crippen LogP) is 0.744.